The van der Waals surface area contributed by atoms with Crippen LogP contribution < -0.4 is 16.9 Å². The Labute approximate surface area is 80.1 Å². The van der Waals surface area contributed by atoms with Crippen molar-refractivity contribution in [1.82, 2.24) is 5.43 Å². The Morgan fingerprint density at radius 3 is 2.50 bits per heavy atom. The summed E-state index contributed by atoms with van der Waals surface area (Å²) in [6.07, 6.45) is -4.62. The van der Waals surface area contributed by atoms with Crippen molar-refractivity contribution in [3.05, 3.63) is 0 Å². The van der Waals surface area contributed by atoms with E-state index in [0.717, 1.165) is 0 Å². The minimum Gasteiger partial charge on any atom is -0.388 e. The molecule has 8 N–H and O–H groups in total. The summed E-state index contributed by atoms with van der Waals surface area (Å²) >= 11 is 0. The van der Waals surface area contributed by atoms with Gasteiger partial charge in [-0.1, -0.05) is 0 Å². The van der Waals surface area contributed by atoms with Crippen molar-refractivity contribution >= 4 is 5.96 Å². The summed E-state index contributed by atoms with van der Waals surface area (Å²) in [5.41, 5.74) is 12.4. The molecule has 8 nitrogen and oxygen atoms in total. The van der Waals surface area contributed by atoms with Crippen molar-refractivity contribution in [3.63, 3.8) is 0 Å². The van der Waals surface area contributed by atoms with Gasteiger partial charge in [-0.05, 0) is 0 Å². The number of nitrogens with zero attached hydrogens (tertiary/aromatic N) is 1. The number of hydrogen-bond acceptors (Lipinski definition) is 6. The molecule has 1 fully saturated rings. The SMILES string of the molecule is NC(N)=NNC1OCC(O)C(O)C1O. The Morgan fingerprint density at radius 1 is 1.29 bits per heavy atom. The van der Waals surface area contributed by atoms with Crippen LogP contribution in [0.25, 0.3) is 0 Å². The molecule has 4 unspecified atom stereocenters. The maximum Gasteiger partial charge on any atom is 0.208 e. The highest BCUT2D eigenvalue weighted by molar-refractivity contribution is 5.75. The standard InChI is InChI=1S/C6H14N4O4/c7-6(8)10-9-5-4(13)3(12)2(11)1-14-5/h2-5,9,11-13H,1H2,(H4,7,8,10). The lowest BCUT2D eigenvalue weighted by Gasteiger charge is -2.34. The number of nitrogens with one attached hydrogen (secondary N) is 1. The van der Waals surface area contributed by atoms with E-state index in [0.29, 0.717) is 0 Å². The van der Waals surface area contributed by atoms with Crippen LogP contribution in [0.3, 0.4) is 0 Å². The first-order valence-corrected chi connectivity index (χ1v) is 4.02. The van der Waals surface area contributed by atoms with Crippen LogP contribution in [-0.2, 0) is 4.74 Å². The van der Waals surface area contributed by atoms with Crippen LogP contribution in [0.15, 0.2) is 5.10 Å². The maximum absolute atomic E-state index is 9.37. The van der Waals surface area contributed by atoms with Crippen LogP contribution >= 0.6 is 0 Å². The number of hydrogen-bond donors (Lipinski definition) is 6. The highest BCUT2D eigenvalue weighted by atomic mass is 16.5. The first-order valence-electron chi connectivity index (χ1n) is 4.02. The van der Waals surface area contributed by atoms with E-state index in [-0.39, 0.29) is 12.6 Å². The van der Waals surface area contributed by atoms with E-state index < -0.39 is 24.5 Å². The van der Waals surface area contributed by atoms with Gasteiger partial charge in [0.2, 0.25) is 5.96 Å². The fourth-order valence-electron chi connectivity index (χ4n) is 1.06. The van der Waals surface area contributed by atoms with Gasteiger partial charge in [-0.25, -0.2) is 0 Å². The monoisotopic (exact) mass is 206 g/mol. The summed E-state index contributed by atoms with van der Waals surface area (Å²) in [5, 5.41) is 31.1. The maximum atomic E-state index is 9.37. The van der Waals surface area contributed by atoms with E-state index in [1.54, 1.807) is 0 Å². The number of aliphatic hydroxyl groups is 3. The first-order chi connectivity index (χ1) is 6.52. The second-order valence-corrected chi connectivity index (χ2v) is 2.97. The van der Waals surface area contributed by atoms with Crippen molar-refractivity contribution in [3.8, 4) is 0 Å². The van der Waals surface area contributed by atoms with Crippen molar-refractivity contribution in [2.75, 3.05) is 6.61 Å². The van der Waals surface area contributed by atoms with E-state index in [9.17, 15) is 10.2 Å². The van der Waals surface area contributed by atoms with Crippen LogP contribution in [0.4, 0.5) is 0 Å². The number of aliphatic hydroxyl groups excluding tert-OH is 3. The Balaban J connectivity index is 2.51. The average molecular weight is 206 g/mol. The molecule has 0 spiro atoms. The van der Waals surface area contributed by atoms with Crippen molar-refractivity contribution < 1.29 is 20.1 Å². The quantitative estimate of drug-likeness (QED) is 0.154. The van der Waals surface area contributed by atoms with Gasteiger partial charge in [-0.2, -0.15) is 0 Å². The van der Waals surface area contributed by atoms with Crippen LogP contribution in [-0.4, -0.2) is 52.4 Å². The molecule has 1 heterocycles. The third-order valence-corrected chi connectivity index (χ3v) is 1.82. The number of nitrogens with two attached hydrogens (primary N) is 2. The highest BCUT2D eigenvalue weighted by Gasteiger charge is 2.37. The smallest absolute Gasteiger partial charge is 0.208 e. The second kappa shape index (κ2) is 4.42. The molecule has 82 valence electrons. The zero-order valence-electron chi connectivity index (χ0n) is 7.37. The molecule has 4 atom stereocenters. The summed E-state index contributed by atoms with van der Waals surface area (Å²) in [4.78, 5) is 0. The molecule has 0 saturated carbocycles. The number of ether oxygens (including phenoxy) is 1. The molecule has 0 aromatic rings. The van der Waals surface area contributed by atoms with E-state index in [2.05, 4.69) is 10.5 Å². The van der Waals surface area contributed by atoms with Gasteiger partial charge in [0.25, 0.3) is 0 Å². The van der Waals surface area contributed by atoms with Gasteiger partial charge >= 0.3 is 0 Å². The van der Waals surface area contributed by atoms with E-state index in [1.807, 2.05) is 0 Å². The predicted molar refractivity (Wildman–Crippen MR) is 46.7 cm³/mol. The fraction of sp³-hybridized carbons (Fsp3) is 0.833. The van der Waals surface area contributed by atoms with Crippen LogP contribution in [0.1, 0.15) is 0 Å². The van der Waals surface area contributed by atoms with Gasteiger partial charge in [0.15, 0.2) is 6.23 Å². The molecule has 8 heteroatoms. The van der Waals surface area contributed by atoms with Gasteiger partial charge in [-0.15, -0.1) is 5.10 Å². The van der Waals surface area contributed by atoms with E-state index in [4.69, 9.17) is 21.3 Å². The lowest BCUT2D eigenvalue weighted by molar-refractivity contribution is -0.195. The van der Waals surface area contributed by atoms with Gasteiger partial charge in [-0.3, -0.25) is 5.43 Å². The number of rotatable bonds is 2. The Morgan fingerprint density at radius 2 is 1.93 bits per heavy atom. The Kier molecular flexibility index (Phi) is 3.47. The molecule has 0 radical (unpaired) electrons. The summed E-state index contributed by atoms with van der Waals surface area (Å²) in [5.74, 6) is -0.221. The molecule has 1 aliphatic heterocycles. The van der Waals surface area contributed by atoms with Crippen LogP contribution in [0, 0.1) is 0 Å². The van der Waals surface area contributed by atoms with Crippen molar-refractivity contribution in [2.45, 2.75) is 24.5 Å². The largest absolute Gasteiger partial charge is 0.388 e. The summed E-state index contributed by atoms with van der Waals surface area (Å²) in [7, 11) is 0. The minimum absolute atomic E-state index is 0.101. The summed E-state index contributed by atoms with van der Waals surface area (Å²) in [6.45, 7) is -0.101. The van der Waals surface area contributed by atoms with E-state index >= 15 is 0 Å². The highest BCUT2D eigenvalue weighted by Crippen LogP contribution is 2.13. The number of guanidine groups is 1. The second-order valence-electron chi connectivity index (χ2n) is 2.97. The molecule has 0 aromatic carbocycles. The van der Waals surface area contributed by atoms with Gasteiger partial charge in [0.1, 0.15) is 18.3 Å². The topological polar surface area (TPSA) is 146 Å². The zero-order chi connectivity index (χ0) is 10.7. The Bertz CT molecular complexity index is 220. The third kappa shape index (κ3) is 2.45. The lowest BCUT2D eigenvalue weighted by atomic mass is 10.1. The predicted octanol–water partition coefficient (Wildman–Crippen LogP) is -3.80. The van der Waals surface area contributed by atoms with Crippen molar-refractivity contribution in [2.24, 2.45) is 16.6 Å². The van der Waals surface area contributed by atoms with E-state index in [1.165, 1.54) is 0 Å². The van der Waals surface area contributed by atoms with Gasteiger partial charge < -0.3 is 31.5 Å². The first kappa shape index (κ1) is 11.0. The van der Waals surface area contributed by atoms with Crippen LogP contribution in [0.5, 0.6) is 0 Å². The summed E-state index contributed by atoms with van der Waals surface area (Å²) < 4.78 is 4.93. The molecular formula is C6H14N4O4. The molecular weight excluding hydrogens is 192 g/mol. The summed E-state index contributed by atoms with van der Waals surface area (Å²) in [6, 6.07) is 0. The molecule has 1 saturated heterocycles. The van der Waals surface area contributed by atoms with Crippen LogP contribution in [0.2, 0.25) is 0 Å². The Hall–Kier alpha value is -1.09. The normalized spacial score (nSPS) is 37.6. The molecule has 0 amide bonds. The molecule has 0 bridgehead atoms. The van der Waals surface area contributed by atoms with Gasteiger partial charge in [0.05, 0.1) is 6.61 Å². The molecule has 0 aromatic heterocycles. The molecule has 0 aliphatic carbocycles. The molecule has 1 rings (SSSR count). The fourth-order valence-corrected chi connectivity index (χ4v) is 1.06. The number of hydrazone groups is 1. The lowest BCUT2D eigenvalue weighted by Crippen LogP contribution is -2.57. The van der Waals surface area contributed by atoms with Crippen molar-refractivity contribution in [1.29, 1.82) is 0 Å². The molecule has 1 aliphatic rings. The molecule has 14 heavy (non-hydrogen) atoms. The zero-order valence-corrected chi connectivity index (χ0v) is 7.37. The van der Waals surface area contributed by atoms with Gasteiger partial charge in [0, 0.05) is 0 Å². The average Bonchev–Trinajstić information content (AvgIpc) is 2.13. The minimum atomic E-state index is -1.29. The third-order valence-electron chi connectivity index (χ3n) is 1.82.